The SMILES string of the molecule is Cc1oc(-n2cccc2)c(C#N)c1C(=O)O[C@@H](C)C(=O)Nc1ccccc1F. The summed E-state index contributed by atoms with van der Waals surface area (Å²) in [7, 11) is 0. The third-order valence-electron chi connectivity index (χ3n) is 4.01. The van der Waals surface area contributed by atoms with Gasteiger partial charge in [0.1, 0.15) is 28.8 Å². The molecule has 0 aliphatic carbocycles. The second kappa shape index (κ2) is 7.80. The molecule has 0 fully saturated rings. The van der Waals surface area contributed by atoms with Crippen LogP contribution in [-0.4, -0.2) is 22.5 Å². The Morgan fingerprint density at radius 2 is 1.93 bits per heavy atom. The van der Waals surface area contributed by atoms with Gasteiger partial charge in [-0.2, -0.15) is 5.26 Å². The van der Waals surface area contributed by atoms with Crippen molar-refractivity contribution in [3.63, 3.8) is 0 Å². The zero-order chi connectivity index (χ0) is 20.3. The number of para-hydroxylation sites is 1. The van der Waals surface area contributed by atoms with Crippen molar-refractivity contribution in [1.82, 2.24) is 4.57 Å². The van der Waals surface area contributed by atoms with Gasteiger partial charge in [0.2, 0.25) is 5.88 Å². The molecule has 3 rings (SSSR count). The predicted octanol–water partition coefficient (Wildman–Crippen LogP) is 3.57. The number of hydrogen-bond donors (Lipinski definition) is 1. The van der Waals surface area contributed by atoms with Crippen molar-refractivity contribution < 1.29 is 23.1 Å². The third-order valence-corrected chi connectivity index (χ3v) is 4.01. The Kier molecular flexibility index (Phi) is 5.27. The summed E-state index contributed by atoms with van der Waals surface area (Å²) < 4.78 is 25.9. The number of nitriles is 1. The smallest absolute Gasteiger partial charge is 0.343 e. The highest BCUT2D eigenvalue weighted by Crippen LogP contribution is 2.26. The van der Waals surface area contributed by atoms with Crippen molar-refractivity contribution in [2.24, 2.45) is 0 Å². The van der Waals surface area contributed by atoms with Crippen LogP contribution in [0.2, 0.25) is 0 Å². The van der Waals surface area contributed by atoms with Crippen molar-refractivity contribution in [2.45, 2.75) is 20.0 Å². The number of furan rings is 1. The third kappa shape index (κ3) is 3.64. The normalized spacial score (nSPS) is 11.5. The van der Waals surface area contributed by atoms with Gasteiger partial charge in [0, 0.05) is 12.4 Å². The number of nitrogens with zero attached hydrogens (tertiary/aromatic N) is 2. The molecular formula is C20H16FN3O4. The molecular weight excluding hydrogens is 365 g/mol. The molecule has 8 heteroatoms. The lowest BCUT2D eigenvalue weighted by molar-refractivity contribution is -0.123. The number of aryl methyl sites for hydroxylation is 1. The fraction of sp³-hybridized carbons (Fsp3) is 0.150. The van der Waals surface area contributed by atoms with Gasteiger partial charge in [-0.05, 0) is 38.1 Å². The molecule has 142 valence electrons. The van der Waals surface area contributed by atoms with Gasteiger partial charge in [0.25, 0.3) is 5.91 Å². The van der Waals surface area contributed by atoms with Crippen LogP contribution >= 0.6 is 0 Å². The van der Waals surface area contributed by atoms with Crippen LogP contribution in [0.5, 0.6) is 0 Å². The second-order valence-corrected chi connectivity index (χ2v) is 5.93. The first-order chi connectivity index (χ1) is 13.4. The summed E-state index contributed by atoms with van der Waals surface area (Å²) >= 11 is 0. The molecule has 0 bridgehead atoms. The lowest BCUT2D eigenvalue weighted by Gasteiger charge is -2.13. The number of nitrogens with one attached hydrogen (secondary N) is 1. The lowest BCUT2D eigenvalue weighted by atomic mass is 10.1. The van der Waals surface area contributed by atoms with E-state index in [-0.39, 0.29) is 28.5 Å². The minimum Gasteiger partial charge on any atom is -0.449 e. The maximum absolute atomic E-state index is 13.7. The van der Waals surface area contributed by atoms with Crippen molar-refractivity contribution >= 4 is 17.6 Å². The van der Waals surface area contributed by atoms with Crippen molar-refractivity contribution in [1.29, 1.82) is 5.26 Å². The first-order valence-corrected chi connectivity index (χ1v) is 8.35. The molecule has 28 heavy (non-hydrogen) atoms. The molecule has 1 amide bonds. The van der Waals surface area contributed by atoms with Gasteiger partial charge in [-0.25, -0.2) is 9.18 Å². The predicted molar refractivity (Wildman–Crippen MR) is 97.4 cm³/mol. The molecule has 0 saturated heterocycles. The number of carbonyl (C=O) groups is 2. The standard InChI is InChI=1S/C20H16FN3O4/c1-12-17(14(11-22)19(27-12)24-9-5-6-10-24)20(26)28-13(2)18(25)23-16-8-4-3-7-15(16)21/h3-10,13H,1-2H3,(H,23,25)/t13-/m0/s1. The molecule has 3 aromatic rings. The average Bonchev–Trinajstić information content (AvgIpc) is 3.30. The van der Waals surface area contributed by atoms with E-state index in [2.05, 4.69) is 5.32 Å². The van der Waals surface area contributed by atoms with E-state index in [0.717, 1.165) is 0 Å². The molecule has 1 aromatic carbocycles. The van der Waals surface area contributed by atoms with E-state index in [4.69, 9.17) is 9.15 Å². The summed E-state index contributed by atoms with van der Waals surface area (Å²) in [4.78, 5) is 24.8. The van der Waals surface area contributed by atoms with E-state index in [1.54, 1.807) is 35.2 Å². The number of hydrogen-bond acceptors (Lipinski definition) is 5. The minimum absolute atomic E-state index is 0.000381. The zero-order valence-corrected chi connectivity index (χ0v) is 15.1. The van der Waals surface area contributed by atoms with E-state index in [0.29, 0.717) is 0 Å². The highest BCUT2D eigenvalue weighted by Gasteiger charge is 2.28. The van der Waals surface area contributed by atoms with E-state index in [1.165, 1.54) is 32.0 Å². The van der Waals surface area contributed by atoms with Gasteiger partial charge in [-0.1, -0.05) is 12.1 Å². The maximum atomic E-state index is 13.7. The van der Waals surface area contributed by atoms with Crippen molar-refractivity contribution in [2.75, 3.05) is 5.32 Å². The van der Waals surface area contributed by atoms with Crippen LogP contribution < -0.4 is 5.32 Å². The van der Waals surface area contributed by atoms with Crippen molar-refractivity contribution in [3.05, 3.63) is 71.5 Å². The average molecular weight is 381 g/mol. The lowest BCUT2D eigenvalue weighted by Crippen LogP contribution is -2.30. The van der Waals surface area contributed by atoms with E-state index < -0.39 is 23.8 Å². The molecule has 7 nitrogen and oxygen atoms in total. The van der Waals surface area contributed by atoms with Gasteiger partial charge < -0.3 is 14.5 Å². The van der Waals surface area contributed by atoms with E-state index >= 15 is 0 Å². The Morgan fingerprint density at radius 3 is 2.57 bits per heavy atom. The van der Waals surface area contributed by atoms with Crippen molar-refractivity contribution in [3.8, 4) is 12.0 Å². The Hall–Kier alpha value is -3.86. The number of carbonyl (C=O) groups excluding carboxylic acids is 2. The number of amides is 1. The molecule has 0 aliphatic rings. The van der Waals surface area contributed by atoms with Gasteiger partial charge in [-0.3, -0.25) is 9.36 Å². The molecule has 1 atom stereocenters. The molecule has 0 aliphatic heterocycles. The Bertz CT molecular complexity index is 1060. The fourth-order valence-corrected chi connectivity index (χ4v) is 2.60. The monoisotopic (exact) mass is 381 g/mol. The van der Waals surface area contributed by atoms with Gasteiger partial charge >= 0.3 is 5.97 Å². The first-order valence-electron chi connectivity index (χ1n) is 8.35. The quantitative estimate of drug-likeness (QED) is 0.682. The van der Waals surface area contributed by atoms with Crippen LogP contribution in [0.4, 0.5) is 10.1 Å². The summed E-state index contributed by atoms with van der Waals surface area (Å²) in [6, 6.07) is 11.1. The molecule has 2 aromatic heterocycles. The minimum atomic E-state index is -1.22. The van der Waals surface area contributed by atoms with Crippen LogP contribution in [0.25, 0.3) is 5.88 Å². The number of rotatable bonds is 5. The van der Waals surface area contributed by atoms with Crippen LogP contribution in [-0.2, 0) is 9.53 Å². The number of benzene rings is 1. The summed E-state index contributed by atoms with van der Waals surface area (Å²) in [5.41, 5.74) is -0.0837. The molecule has 0 radical (unpaired) electrons. The maximum Gasteiger partial charge on any atom is 0.343 e. The number of aromatic nitrogens is 1. The highest BCUT2D eigenvalue weighted by atomic mass is 19.1. The first kappa shape index (κ1) is 18.9. The van der Waals surface area contributed by atoms with E-state index in [1.807, 2.05) is 6.07 Å². The van der Waals surface area contributed by atoms with Gasteiger partial charge in [-0.15, -0.1) is 0 Å². The largest absolute Gasteiger partial charge is 0.449 e. The summed E-state index contributed by atoms with van der Waals surface area (Å²) in [6.07, 6.45) is 2.11. The number of halogens is 1. The topological polar surface area (TPSA) is 97.3 Å². The number of anilines is 1. The van der Waals surface area contributed by atoms with Gasteiger partial charge in [0.05, 0.1) is 5.69 Å². The molecule has 0 unspecified atom stereocenters. The van der Waals surface area contributed by atoms with Gasteiger partial charge in [0.15, 0.2) is 6.10 Å². The molecule has 1 N–H and O–H groups in total. The Labute approximate surface area is 159 Å². The van der Waals surface area contributed by atoms with Crippen LogP contribution in [0.3, 0.4) is 0 Å². The molecule has 0 spiro atoms. The fourth-order valence-electron chi connectivity index (χ4n) is 2.60. The number of esters is 1. The molecule has 0 saturated carbocycles. The number of ether oxygens (including phenoxy) is 1. The van der Waals surface area contributed by atoms with Crippen LogP contribution in [0.15, 0.2) is 53.2 Å². The highest BCUT2D eigenvalue weighted by molar-refractivity contribution is 5.99. The van der Waals surface area contributed by atoms with Crippen LogP contribution in [0.1, 0.15) is 28.6 Å². The summed E-state index contributed by atoms with van der Waals surface area (Å²) in [6.45, 7) is 2.87. The molecule has 2 heterocycles. The van der Waals surface area contributed by atoms with E-state index in [9.17, 15) is 19.2 Å². The summed E-state index contributed by atoms with van der Waals surface area (Å²) in [5, 5.41) is 11.8. The second-order valence-electron chi connectivity index (χ2n) is 5.93. The Balaban J connectivity index is 1.79. The van der Waals surface area contributed by atoms with Crippen LogP contribution in [0, 0.1) is 24.1 Å². The zero-order valence-electron chi connectivity index (χ0n) is 15.1. The summed E-state index contributed by atoms with van der Waals surface area (Å²) in [5.74, 6) is -1.83. The Morgan fingerprint density at radius 1 is 1.25 bits per heavy atom.